The zero-order valence-electron chi connectivity index (χ0n) is 8.43. The topological polar surface area (TPSA) is 21.3 Å². The first-order chi connectivity index (χ1) is 6.74. The number of fused-ring (bicyclic) bond motifs is 1. The van der Waals surface area contributed by atoms with Crippen molar-refractivity contribution in [3.63, 3.8) is 0 Å². The maximum Gasteiger partial charge on any atom is 0.128 e. The van der Waals surface area contributed by atoms with Crippen molar-refractivity contribution in [1.29, 1.82) is 0 Å². The quantitative estimate of drug-likeness (QED) is 0.740. The van der Waals surface area contributed by atoms with Crippen LogP contribution in [0.3, 0.4) is 0 Å². The summed E-state index contributed by atoms with van der Waals surface area (Å²) in [5.74, 6) is 0.972. The summed E-state index contributed by atoms with van der Waals surface area (Å²) in [5.41, 5.74) is 1.77. The standard InChI is InChI=1S/C11H14FNO/c1-7-5-13-6-8-9(12)3-4-10(14-2)11(7)8/h3-4,7,13H,5-6H2,1-2H3. The molecule has 0 fully saturated rings. The average molecular weight is 195 g/mol. The molecule has 0 aromatic heterocycles. The molecule has 1 unspecified atom stereocenters. The molecule has 1 aromatic rings. The first-order valence-corrected chi connectivity index (χ1v) is 4.80. The molecular weight excluding hydrogens is 181 g/mol. The Hall–Kier alpha value is -1.09. The number of hydrogen-bond donors (Lipinski definition) is 1. The normalized spacial score (nSPS) is 20.4. The zero-order valence-corrected chi connectivity index (χ0v) is 8.43. The molecule has 0 spiro atoms. The van der Waals surface area contributed by atoms with Crippen LogP contribution in [0.1, 0.15) is 24.0 Å². The highest BCUT2D eigenvalue weighted by Crippen LogP contribution is 2.33. The largest absolute Gasteiger partial charge is 0.496 e. The smallest absolute Gasteiger partial charge is 0.128 e. The minimum atomic E-state index is -0.139. The van der Waals surface area contributed by atoms with Crippen molar-refractivity contribution in [1.82, 2.24) is 5.32 Å². The van der Waals surface area contributed by atoms with E-state index in [1.807, 2.05) is 0 Å². The highest BCUT2D eigenvalue weighted by atomic mass is 19.1. The van der Waals surface area contributed by atoms with Crippen molar-refractivity contribution in [3.05, 3.63) is 29.1 Å². The van der Waals surface area contributed by atoms with E-state index >= 15 is 0 Å². The maximum absolute atomic E-state index is 13.5. The number of hydrogen-bond acceptors (Lipinski definition) is 2. The Morgan fingerprint density at radius 3 is 3.00 bits per heavy atom. The van der Waals surface area contributed by atoms with Crippen molar-refractivity contribution in [2.45, 2.75) is 19.4 Å². The Morgan fingerprint density at radius 2 is 2.29 bits per heavy atom. The Kier molecular flexibility index (Phi) is 2.42. The lowest BCUT2D eigenvalue weighted by atomic mass is 9.91. The molecule has 0 saturated heterocycles. The molecule has 2 rings (SSSR count). The van der Waals surface area contributed by atoms with Crippen LogP contribution < -0.4 is 10.1 Å². The fourth-order valence-corrected chi connectivity index (χ4v) is 2.03. The first kappa shape index (κ1) is 9.46. The van der Waals surface area contributed by atoms with E-state index in [4.69, 9.17) is 4.74 Å². The number of methoxy groups -OCH3 is 1. The van der Waals surface area contributed by atoms with Gasteiger partial charge in [0.2, 0.25) is 0 Å². The summed E-state index contributed by atoms with van der Waals surface area (Å²) in [6, 6.07) is 3.17. The zero-order chi connectivity index (χ0) is 10.1. The van der Waals surface area contributed by atoms with Gasteiger partial charge in [0, 0.05) is 24.2 Å². The van der Waals surface area contributed by atoms with E-state index in [-0.39, 0.29) is 5.82 Å². The summed E-state index contributed by atoms with van der Waals surface area (Å²) in [6.07, 6.45) is 0. The van der Waals surface area contributed by atoms with Gasteiger partial charge in [0.1, 0.15) is 11.6 Å². The lowest BCUT2D eigenvalue weighted by molar-refractivity contribution is 0.396. The summed E-state index contributed by atoms with van der Waals surface area (Å²) in [4.78, 5) is 0. The third-order valence-corrected chi connectivity index (χ3v) is 2.72. The van der Waals surface area contributed by atoms with Crippen LogP contribution in [0.4, 0.5) is 4.39 Å². The lowest BCUT2D eigenvalue weighted by Gasteiger charge is -2.25. The van der Waals surface area contributed by atoms with Crippen LogP contribution in [-0.2, 0) is 6.54 Å². The van der Waals surface area contributed by atoms with Crippen molar-refractivity contribution in [2.24, 2.45) is 0 Å². The molecule has 1 N–H and O–H groups in total. The molecule has 1 atom stereocenters. The Bertz CT molecular complexity index is 351. The second-order valence-corrected chi connectivity index (χ2v) is 3.67. The predicted octanol–water partition coefficient (Wildman–Crippen LogP) is 2.04. The van der Waals surface area contributed by atoms with E-state index in [0.29, 0.717) is 12.5 Å². The SMILES string of the molecule is COc1ccc(F)c2c1C(C)CNC2. The van der Waals surface area contributed by atoms with Gasteiger partial charge in [0.25, 0.3) is 0 Å². The van der Waals surface area contributed by atoms with Gasteiger partial charge < -0.3 is 10.1 Å². The minimum absolute atomic E-state index is 0.139. The maximum atomic E-state index is 13.5. The Balaban J connectivity index is 2.58. The molecule has 0 aliphatic carbocycles. The molecule has 1 aliphatic rings. The fourth-order valence-electron chi connectivity index (χ4n) is 2.03. The Morgan fingerprint density at radius 1 is 1.50 bits per heavy atom. The molecular formula is C11H14FNO. The van der Waals surface area contributed by atoms with Gasteiger partial charge in [-0.05, 0) is 18.1 Å². The van der Waals surface area contributed by atoms with Gasteiger partial charge in [-0.1, -0.05) is 6.92 Å². The van der Waals surface area contributed by atoms with Gasteiger partial charge >= 0.3 is 0 Å². The molecule has 1 heterocycles. The number of ether oxygens (including phenoxy) is 1. The van der Waals surface area contributed by atoms with Gasteiger partial charge in [-0.25, -0.2) is 4.39 Å². The van der Waals surface area contributed by atoms with Gasteiger partial charge in [-0.15, -0.1) is 0 Å². The van der Waals surface area contributed by atoms with Crippen LogP contribution >= 0.6 is 0 Å². The van der Waals surface area contributed by atoms with Crippen LogP contribution in [0.25, 0.3) is 0 Å². The van der Waals surface area contributed by atoms with Crippen molar-refractivity contribution in [2.75, 3.05) is 13.7 Å². The molecule has 14 heavy (non-hydrogen) atoms. The number of halogens is 1. The van der Waals surface area contributed by atoms with Crippen LogP contribution in [0.5, 0.6) is 5.75 Å². The van der Waals surface area contributed by atoms with Gasteiger partial charge in [0.05, 0.1) is 7.11 Å². The Labute approximate surface area is 83.1 Å². The molecule has 76 valence electrons. The fraction of sp³-hybridized carbons (Fsp3) is 0.455. The van der Waals surface area contributed by atoms with Crippen LogP contribution in [0, 0.1) is 5.82 Å². The van der Waals surface area contributed by atoms with Crippen LogP contribution in [0.15, 0.2) is 12.1 Å². The summed E-state index contributed by atoms with van der Waals surface area (Å²) < 4.78 is 18.7. The van der Waals surface area contributed by atoms with E-state index in [2.05, 4.69) is 12.2 Å². The van der Waals surface area contributed by atoms with E-state index in [9.17, 15) is 4.39 Å². The number of nitrogens with one attached hydrogen (secondary N) is 1. The second-order valence-electron chi connectivity index (χ2n) is 3.67. The average Bonchev–Trinajstić information content (AvgIpc) is 2.20. The van der Waals surface area contributed by atoms with Crippen molar-refractivity contribution < 1.29 is 9.13 Å². The predicted molar refractivity (Wildman–Crippen MR) is 53.1 cm³/mol. The highest BCUT2D eigenvalue weighted by molar-refractivity contribution is 5.44. The van der Waals surface area contributed by atoms with Gasteiger partial charge in [0.15, 0.2) is 0 Å². The van der Waals surface area contributed by atoms with E-state index in [1.165, 1.54) is 6.07 Å². The van der Waals surface area contributed by atoms with Crippen molar-refractivity contribution in [3.8, 4) is 5.75 Å². The monoisotopic (exact) mass is 195 g/mol. The van der Waals surface area contributed by atoms with Crippen LogP contribution in [0.2, 0.25) is 0 Å². The van der Waals surface area contributed by atoms with Crippen LogP contribution in [-0.4, -0.2) is 13.7 Å². The second kappa shape index (κ2) is 3.58. The molecule has 0 amide bonds. The van der Waals surface area contributed by atoms with E-state index < -0.39 is 0 Å². The van der Waals surface area contributed by atoms with Gasteiger partial charge in [-0.2, -0.15) is 0 Å². The number of benzene rings is 1. The molecule has 0 radical (unpaired) electrons. The summed E-state index contributed by atoms with van der Waals surface area (Å²) >= 11 is 0. The molecule has 3 heteroatoms. The molecule has 2 nitrogen and oxygen atoms in total. The summed E-state index contributed by atoms with van der Waals surface area (Å²) in [7, 11) is 1.63. The molecule has 0 saturated carbocycles. The molecule has 0 bridgehead atoms. The minimum Gasteiger partial charge on any atom is -0.496 e. The molecule has 1 aliphatic heterocycles. The van der Waals surface area contributed by atoms with E-state index in [0.717, 1.165) is 23.4 Å². The van der Waals surface area contributed by atoms with Gasteiger partial charge in [-0.3, -0.25) is 0 Å². The molecule has 1 aromatic carbocycles. The number of rotatable bonds is 1. The summed E-state index contributed by atoms with van der Waals surface area (Å²) in [6.45, 7) is 3.56. The van der Waals surface area contributed by atoms with Crippen molar-refractivity contribution >= 4 is 0 Å². The third kappa shape index (κ3) is 1.38. The lowest BCUT2D eigenvalue weighted by Crippen LogP contribution is -2.28. The van der Waals surface area contributed by atoms with E-state index in [1.54, 1.807) is 13.2 Å². The third-order valence-electron chi connectivity index (χ3n) is 2.72. The highest BCUT2D eigenvalue weighted by Gasteiger charge is 2.22. The summed E-state index contributed by atoms with van der Waals surface area (Å²) in [5, 5.41) is 3.19. The first-order valence-electron chi connectivity index (χ1n) is 4.80.